The Bertz CT molecular complexity index is 847. The van der Waals surface area contributed by atoms with E-state index in [2.05, 4.69) is 29.2 Å². The fraction of sp³-hybridized carbons (Fsp3) is 0.381. The second kappa shape index (κ2) is 7.28. The third kappa shape index (κ3) is 3.31. The zero-order valence-electron chi connectivity index (χ0n) is 14.6. The molecule has 2 aromatic carbocycles. The lowest BCUT2D eigenvalue weighted by molar-refractivity contribution is 0.0591. The van der Waals surface area contributed by atoms with Crippen LogP contribution in [0.5, 0.6) is 5.75 Å². The normalized spacial score (nSPS) is 25.5. The van der Waals surface area contributed by atoms with Crippen molar-refractivity contribution >= 4 is 11.6 Å². The van der Waals surface area contributed by atoms with Gasteiger partial charge in [-0.05, 0) is 55.1 Å². The quantitative estimate of drug-likeness (QED) is 0.898. The second-order valence-electron chi connectivity index (χ2n) is 7.16. The Labute approximate surface area is 159 Å². The molecule has 0 spiro atoms. The first kappa shape index (κ1) is 17.4. The van der Waals surface area contributed by atoms with Crippen LogP contribution in [0.2, 0.25) is 5.02 Å². The summed E-state index contributed by atoms with van der Waals surface area (Å²) in [6, 6.07) is 16.3. The van der Waals surface area contributed by atoms with Gasteiger partial charge in [-0.25, -0.2) is 0 Å². The molecule has 5 heteroatoms. The van der Waals surface area contributed by atoms with E-state index in [-0.39, 0.29) is 18.2 Å². The predicted octanol–water partition coefficient (Wildman–Crippen LogP) is 3.68. The van der Waals surface area contributed by atoms with E-state index < -0.39 is 0 Å². The van der Waals surface area contributed by atoms with Crippen LogP contribution in [0.15, 0.2) is 42.5 Å². The van der Waals surface area contributed by atoms with Crippen molar-refractivity contribution in [2.24, 2.45) is 5.73 Å². The van der Waals surface area contributed by atoms with E-state index in [1.165, 1.54) is 11.1 Å². The van der Waals surface area contributed by atoms with Crippen molar-refractivity contribution in [1.29, 1.82) is 5.26 Å². The van der Waals surface area contributed by atoms with Gasteiger partial charge in [-0.15, -0.1) is 0 Å². The average Bonchev–Trinajstić information content (AvgIpc) is 3.02. The van der Waals surface area contributed by atoms with Gasteiger partial charge in [0.1, 0.15) is 17.9 Å². The second-order valence-corrected chi connectivity index (χ2v) is 7.59. The molecule has 0 radical (unpaired) electrons. The molecule has 2 N–H and O–H groups in total. The summed E-state index contributed by atoms with van der Waals surface area (Å²) in [5, 5.41) is 9.99. The summed E-state index contributed by atoms with van der Waals surface area (Å²) in [6.07, 6.45) is 3.04. The van der Waals surface area contributed by atoms with Gasteiger partial charge < -0.3 is 10.5 Å². The standard InChI is InChI=1S/C21H22ClN3O/c22-16-7-8-20(15(10-16)12-23)26-21-18-6-2-1-4-14(18)11-19(21)25-9-3-5-17(24)13-25/h1-2,4,6-8,10,17,19,21H,3,5,9,11,13,24H2/t17-,19-,21?/m1/s1. The lowest BCUT2D eigenvalue weighted by Gasteiger charge is -2.38. The van der Waals surface area contributed by atoms with Crippen LogP contribution in [0.4, 0.5) is 0 Å². The van der Waals surface area contributed by atoms with Gasteiger partial charge in [0.15, 0.2) is 0 Å². The Morgan fingerprint density at radius 3 is 2.88 bits per heavy atom. The van der Waals surface area contributed by atoms with Crippen molar-refractivity contribution < 1.29 is 4.74 Å². The monoisotopic (exact) mass is 367 g/mol. The molecule has 1 unspecified atom stereocenters. The highest BCUT2D eigenvalue weighted by Gasteiger charge is 2.39. The number of nitriles is 1. The van der Waals surface area contributed by atoms with Crippen molar-refractivity contribution in [3.63, 3.8) is 0 Å². The molecule has 0 amide bonds. The molecule has 1 heterocycles. The number of ether oxygens (including phenoxy) is 1. The Morgan fingerprint density at radius 2 is 2.08 bits per heavy atom. The maximum atomic E-state index is 9.45. The number of fused-ring (bicyclic) bond motifs is 1. The van der Waals surface area contributed by atoms with Crippen molar-refractivity contribution in [1.82, 2.24) is 4.90 Å². The summed E-state index contributed by atoms with van der Waals surface area (Å²) >= 11 is 6.03. The number of piperidine rings is 1. The fourth-order valence-electron chi connectivity index (χ4n) is 4.17. The number of rotatable bonds is 3. The number of likely N-dealkylation sites (tertiary alicyclic amines) is 1. The lowest BCUT2D eigenvalue weighted by atomic mass is 10.0. The van der Waals surface area contributed by atoms with E-state index in [4.69, 9.17) is 22.1 Å². The van der Waals surface area contributed by atoms with E-state index in [0.29, 0.717) is 16.3 Å². The van der Waals surface area contributed by atoms with Crippen LogP contribution in [0.3, 0.4) is 0 Å². The molecule has 0 bridgehead atoms. The van der Waals surface area contributed by atoms with Gasteiger partial charge in [0, 0.05) is 17.6 Å². The van der Waals surface area contributed by atoms with Crippen LogP contribution in [0, 0.1) is 11.3 Å². The zero-order chi connectivity index (χ0) is 18.1. The van der Waals surface area contributed by atoms with Crippen LogP contribution >= 0.6 is 11.6 Å². The number of nitrogens with two attached hydrogens (primary N) is 1. The third-order valence-corrected chi connectivity index (χ3v) is 5.65. The molecule has 134 valence electrons. The van der Waals surface area contributed by atoms with Crippen LogP contribution < -0.4 is 10.5 Å². The Kier molecular flexibility index (Phi) is 4.86. The molecular formula is C21H22ClN3O. The Balaban J connectivity index is 1.67. The number of benzene rings is 2. The molecule has 0 aromatic heterocycles. The fourth-order valence-corrected chi connectivity index (χ4v) is 4.34. The number of hydrogen-bond donors (Lipinski definition) is 1. The van der Waals surface area contributed by atoms with Crippen molar-refractivity contribution in [3.05, 3.63) is 64.2 Å². The highest BCUT2D eigenvalue weighted by Crippen LogP contribution is 2.39. The summed E-state index contributed by atoms with van der Waals surface area (Å²) < 4.78 is 6.42. The lowest BCUT2D eigenvalue weighted by Crippen LogP contribution is -2.49. The average molecular weight is 368 g/mol. The molecule has 2 aliphatic rings. The Hall–Kier alpha value is -2.06. The van der Waals surface area contributed by atoms with Crippen LogP contribution in [0.25, 0.3) is 0 Å². The summed E-state index contributed by atoms with van der Waals surface area (Å²) in [6.45, 7) is 1.93. The van der Waals surface area contributed by atoms with Crippen LogP contribution in [0.1, 0.15) is 35.6 Å². The first-order valence-electron chi connectivity index (χ1n) is 9.09. The predicted molar refractivity (Wildman–Crippen MR) is 102 cm³/mol. The van der Waals surface area contributed by atoms with Crippen molar-refractivity contribution in [2.45, 2.75) is 37.5 Å². The van der Waals surface area contributed by atoms with E-state index in [9.17, 15) is 5.26 Å². The smallest absolute Gasteiger partial charge is 0.140 e. The summed E-state index contributed by atoms with van der Waals surface area (Å²) in [4.78, 5) is 2.46. The minimum atomic E-state index is -0.107. The van der Waals surface area contributed by atoms with Gasteiger partial charge in [-0.2, -0.15) is 5.26 Å². The molecule has 4 rings (SSSR count). The molecule has 1 saturated heterocycles. The zero-order valence-corrected chi connectivity index (χ0v) is 15.3. The van der Waals surface area contributed by atoms with Gasteiger partial charge in [0.2, 0.25) is 0 Å². The molecule has 4 nitrogen and oxygen atoms in total. The van der Waals surface area contributed by atoms with Gasteiger partial charge in [0.05, 0.1) is 11.6 Å². The van der Waals surface area contributed by atoms with Crippen molar-refractivity contribution in [2.75, 3.05) is 13.1 Å². The SMILES string of the molecule is N#Cc1cc(Cl)ccc1OC1c2ccccc2C[C@H]1N1CCC[C@@H](N)C1. The topological polar surface area (TPSA) is 62.3 Å². The van der Waals surface area contributed by atoms with Crippen molar-refractivity contribution in [3.8, 4) is 11.8 Å². The minimum Gasteiger partial charge on any atom is -0.483 e. The largest absolute Gasteiger partial charge is 0.483 e. The first-order chi connectivity index (χ1) is 12.7. The molecular weight excluding hydrogens is 346 g/mol. The number of halogens is 1. The van der Waals surface area contributed by atoms with E-state index in [1.54, 1.807) is 18.2 Å². The summed E-state index contributed by atoms with van der Waals surface area (Å²) in [5.41, 5.74) is 9.20. The van der Waals surface area contributed by atoms with E-state index in [1.807, 2.05) is 6.07 Å². The molecule has 1 aliphatic heterocycles. The maximum absolute atomic E-state index is 9.45. The molecule has 26 heavy (non-hydrogen) atoms. The van der Waals surface area contributed by atoms with Crippen LogP contribution in [-0.2, 0) is 6.42 Å². The first-order valence-corrected chi connectivity index (χ1v) is 9.47. The summed E-state index contributed by atoms with van der Waals surface area (Å²) in [5.74, 6) is 0.588. The number of hydrogen-bond acceptors (Lipinski definition) is 4. The molecule has 1 fully saturated rings. The molecule has 0 saturated carbocycles. The molecule has 3 atom stereocenters. The van der Waals surface area contributed by atoms with Gasteiger partial charge >= 0.3 is 0 Å². The Morgan fingerprint density at radius 1 is 1.23 bits per heavy atom. The maximum Gasteiger partial charge on any atom is 0.140 e. The van der Waals surface area contributed by atoms with E-state index >= 15 is 0 Å². The van der Waals surface area contributed by atoms with E-state index in [0.717, 1.165) is 32.4 Å². The highest BCUT2D eigenvalue weighted by molar-refractivity contribution is 6.30. The van der Waals surface area contributed by atoms with Gasteiger partial charge in [-0.1, -0.05) is 35.9 Å². The highest BCUT2D eigenvalue weighted by atomic mass is 35.5. The van der Waals surface area contributed by atoms with Gasteiger partial charge in [-0.3, -0.25) is 4.90 Å². The molecule has 2 aromatic rings. The van der Waals surface area contributed by atoms with Crippen LogP contribution in [-0.4, -0.2) is 30.1 Å². The summed E-state index contributed by atoms with van der Waals surface area (Å²) in [7, 11) is 0. The third-order valence-electron chi connectivity index (χ3n) is 5.41. The van der Waals surface area contributed by atoms with Gasteiger partial charge in [0.25, 0.3) is 0 Å². The molecule has 1 aliphatic carbocycles. The minimum absolute atomic E-state index is 0.107. The number of nitrogens with zero attached hydrogens (tertiary/aromatic N) is 2.